The van der Waals surface area contributed by atoms with E-state index in [1.165, 1.54) is 0 Å². The zero-order valence-electron chi connectivity index (χ0n) is 21.3. The first-order valence-electron chi connectivity index (χ1n) is 11.9. The number of esters is 1. The molecule has 0 saturated heterocycles. The van der Waals surface area contributed by atoms with Crippen LogP contribution < -0.4 is 5.32 Å². The highest BCUT2D eigenvalue weighted by atomic mass is 35.5. The topological polar surface area (TPSA) is 79.2 Å². The molecule has 0 bridgehead atoms. The van der Waals surface area contributed by atoms with Crippen LogP contribution in [0.15, 0.2) is 66.7 Å². The Morgan fingerprint density at radius 1 is 1.03 bits per heavy atom. The Hall–Kier alpha value is -3.62. The smallest absolute Gasteiger partial charge is 0.339 e. The molecule has 2 atom stereocenters. The van der Waals surface area contributed by atoms with E-state index in [4.69, 9.17) is 16.3 Å². The van der Waals surface area contributed by atoms with Crippen LogP contribution in [0.2, 0.25) is 5.02 Å². The van der Waals surface area contributed by atoms with Crippen molar-refractivity contribution in [3.63, 3.8) is 0 Å². The van der Waals surface area contributed by atoms with Crippen LogP contribution in [0.1, 0.15) is 64.9 Å². The number of benzene rings is 3. The van der Waals surface area contributed by atoms with E-state index in [1.54, 1.807) is 19.9 Å². The summed E-state index contributed by atoms with van der Waals surface area (Å²) in [6.07, 6.45) is 0.621. The van der Waals surface area contributed by atoms with Gasteiger partial charge in [0.05, 0.1) is 17.2 Å². The van der Waals surface area contributed by atoms with Gasteiger partial charge in [0.25, 0.3) is 5.91 Å². The highest BCUT2D eigenvalue weighted by Crippen LogP contribution is 2.27. The predicted molar refractivity (Wildman–Crippen MR) is 142 cm³/mol. The lowest BCUT2D eigenvalue weighted by atomic mass is 9.85. The summed E-state index contributed by atoms with van der Waals surface area (Å²) in [7, 11) is 0. The molecule has 1 N–H and O–H groups in total. The minimum Gasteiger partial charge on any atom is -0.446 e. The number of carbonyl (C=O) groups excluding carboxylic acids is 2. The van der Waals surface area contributed by atoms with E-state index in [1.807, 2.05) is 81.4 Å². The molecule has 0 unspecified atom stereocenters. The van der Waals surface area contributed by atoms with Crippen LogP contribution in [0.4, 0.5) is 0 Å². The van der Waals surface area contributed by atoms with Gasteiger partial charge in [0.2, 0.25) is 0 Å². The Morgan fingerprint density at radius 3 is 2.25 bits per heavy atom. The molecule has 186 valence electrons. The molecule has 0 fully saturated rings. The zero-order chi connectivity index (χ0) is 26.5. The lowest BCUT2D eigenvalue weighted by molar-refractivity contribution is -0.138. The van der Waals surface area contributed by atoms with Gasteiger partial charge in [-0.1, -0.05) is 54.1 Å². The summed E-state index contributed by atoms with van der Waals surface area (Å²) >= 11 is 6.06. The minimum absolute atomic E-state index is 0.131. The molecular formula is C30H31ClN2O3. The van der Waals surface area contributed by atoms with Crippen LogP contribution in [0.3, 0.4) is 0 Å². The summed E-state index contributed by atoms with van der Waals surface area (Å²) in [5.41, 5.74) is 3.21. The fraction of sp³-hybridized carbons (Fsp3) is 0.300. The van der Waals surface area contributed by atoms with Gasteiger partial charge in [0.15, 0.2) is 5.60 Å². The molecule has 6 heteroatoms. The number of hydrogen-bond acceptors (Lipinski definition) is 4. The Kier molecular flexibility index (Phi) is 8.55. The first-order valence-corrected chi connectivity index (χ1v) is 12.2. The summed E-state index contributed by atoms with van der Waals surface area (Å²) in [4.78, 5) is 26.3. The normalized spacial score (nSPS) is 12.8. The number of halogens is 1. The first-order chi connectivity index (χ1) is 17.0. The molecule has 0 aromatic heterocycles. The third-order valence-electron chi connectivity index (χ3n) is 6.35. The molecular weight excluding hydrogens is 472 g/mol. The van der Waals surface area contributed by atoms with Crippen molar-refractivity contribution in [1.82, 2.24) is 5.32 Å². The Balaban J connectivity index is 1.82. The highest BCUT2D eigenvalue weighted by Gasteiger charge is 2.35. The summed E-state index contributed by atoms with van der Waals surface area (Å²) in [6, 6.07) is 22.4. The third kappa shape index (κ3) is 6.53. The number of ether oxygens (including phenoxy) is 1. The van der Waals surface area contributed by atoms with Crippen molar-refractivity contribution in [2.24, 2.45) is 0 Å². The molecule has 1 amide bonds. The van der Waals surface area contributed by atoms with E-state index in [9.17, 15) is 14.9 Å². The Morgan fingerprint density at radius 2 is 1.64 bits per heavy atom. The van der Waals surface area contributed by atoms with Gasteiger partial charge in [-0.3, -0.25) is 4.79 Å². The van der Waals surface area contributed by atoms with Crippen molar-refractivity contribution in [1.29, 1.82) is 5.26 Å². The lowest BCUT2D eigenvalue weighted by Gasteiger charge is -2.30. The highest BCUT2D eigenvalue weighted by molar-refractivity contribution is 6.30. The van der Waals surface area contributed by atoms with Crippen molar-refractivity contribution in [2.75, 3.05) is 0 Å². The maximum Gasteiger partial charge on any atom is 0.339 e. The van der Waals surface area contributed by atoms with Crippen molar-refractivity contribution in [3.8, 4) is 6.07 Å². The van der Waals surface area contributed by atoms with Gasteiger partial charge in [0.1, 0.15) is 0 Å². The Labute approximate surface area is 218 Å². The molecule has 0 radical (unpaired) electrons. The number of carbonyl (C=O) groups is 2. The molecule has 0 aliphatic heterocycles. The maximum absolute atomic E-state index is 13.3. The second-order valence-electron chi connectivity index (χ2n) is 9.60. The zero-order valence-corrected chi connectivity index (χ0v) is 22.0. The van der Waals surface area contributed by atoms with Crippen LogP contribution in [-0.4, -0.2) is 23.5 Å². The van der Waals surface area contributed by atoms with E-state index < -0.39 is 17.5 Å². The average molecular weight is 503 g/mol. The average Bonchev–Trinajstić information content (AvgIpc) is 2.83. The van der Waals surface area contributed by atoms with Crippen molar-refractivity contribution >= 4 is 23.5 Å². The minimum atomic E-state index is -1.39. The second kappa shape index (κ2) is 11.4. The molecule has 3 aromatic rings. The summed E-state index contributed by atoms with van der Waals surface area (Å²) in [6.45, 7) is 8.78. The molecule has 5 nitrogen and oxygen atoms in total. The third-order valence-corrected chi connectivity index (χ3v) is 6.61. The summed E-state index contributed by atoms with van der Waals surface area (Å²) in [5, 5.41) is 13.1. The van der Waals surface area contributed by atoms with Gasteiger partial charge in [0, 0.05) is 17.0 Å². The number of amides is 1. The van der Waals surface area contributed by atoms with E-state index >= 15 is 0 Å². The summed E-state index contributed by atoms with van der Waals surface area (Å²) in [5.74, 6) is -1.06. The van der Waals surface area contributed by atoms with Gasteiger partial charge in [-0.25, -0.2) is 4.79 Å². The van der Waals surface area contributed by atoms with Gasteiger partial charge in [-0.2, -0.15) is 5.26 Å². The molecule has 0 saturated carbocycles. The molecule has 3 rings (SSSR count). The quantitative estimate of drug-likeness (QED) is 0.367. The molecule has 0 aliphatic carbocycles. The van der Waals surface area contributed by atoms with Gasteiger partial charge >= 0.3 is 5.97 Å². The van der Waals surface area contributed by atoms with E-state index in [0.717, 1.165) is 22.3 Å². The van der Waals surface area contributed by atoms with Crippen LogP contribution in [0.5, 0.6) is 0 Å². The molecule has 0 aliphatic rings. The molecule has 0 spiro atoms. The molecule has 0 heterocycles. The first kappa shape index (κ1) is 27.0. The van der Waals surface area contributed by atoms with Crippen molar-refractivity contribution in [3.05, 3.63) is 105 Å². The van der Waals surface area contributed by atoms with Crippen LogP contribution >= 0.6 is 11.6 Å². The van der Waals surface area contributed by atoms with Gasteiger partial charge in [-0.05, 0) is 87.6 Å². The van der Waals surface area contributed by atoms with Crippen LogP contribution in [-0.2, 0) is 16.0 Å². The van der Waals surface area contributed by atoms with E-state index in [-0.39, 0.29) is 12.0 Å². The molecule has 3 aromatic carbocycles. The number of rotatable bonds is 8. The van der Waals surface area contributed by atoms with E-state index in [2.05, 4.69) is 11.4 Å². The van der Waals surface area contributed by atoms with E-state index in [0.29, 0.717) is 22.6 Å². The number of nitriles is 1. The second-order valence-corrected chi connectivity index (χ2v) is 10.0. The standard InChI is InChI=1S/C30H31ClN2O3/c1-19-8-6-9-20(2)27(19)28(34)36-30(4,5)29(35)33-21(3)26(17-22-12-14-25(31)15-13-22)24-11-7-10-23(16-24)18-32/h6-16,21,26H,17H2,1-5H3,(H,33,35)/t21-,26+/m0/s1. The van der Waals surface area contributed by atoms with Crippen LogP contribution in [0, 0.1) is 25.2 Å². The lowest BCUT2D eigenvalue weighted by Crippen LogP contribution is -2.50. The number of nitrogens with one attached hydrogen (secondary N) is 1. The molecule has 36 heavy (non-hydrogen) atoms. The largest absolute Gasteiger partial charge is 0.446 e. The monoisotopic (exact) mass is 502 g/mol. The van der Waals surface area contributed by atoms with Crippen molar-refractivity contribution < 1.29 is 14.3 Å². The predicted octanol–water partition coefficient (Wildman–Crippen LogP) is 6.30. The Bertz CT molecular complexity index is 1270. The fourth-order valence-electron chi connectivity index (χ4n) is 4.24. The van der Waals surface area contributed by atoms with Crippen LogP contribution in [0.25, 0.3) is 0 Å². The number of aryl methyl sites for hydroxylation is 2. The summed E-state index contributed by atoms with van der Waals surface area (Å²) < 4.78 is 5.69. The fourth-order valence-corrected chi connectivity index (χ4v) is 4.37. The number of nitrogens with zero attached hydrogens (tertiary/aromatic N) is 1. The van der Waals surface area contributed by atoms with Gasteiger partial charge in [-0.15, -0.1) is 0 Å². The maximum atomic E-state index is 13.3. The van der Waals surface area contributed by atoms with Gasteiger partial charge < -0.3 is 10.1 Å². The van der Waals surface area contributed by atoms with Crippen molar-refractivity contribution in [2.45, 2.75) is 58.6 Å². The number of hydrogen-bond donors (Lipinski definition) is 1. The SMILES string of the molecule is Cc1cccc(C)c1C(=O)OC(C)(C)C(=O)N[C@@H](C)[C@@H](Cc1ccc(Cl)cc1)c1cccc(C#N)c1.